The summed E-state index contributed by atoms with van der Waals surface area (Å²) in [7, 11) is 1.55. The highest BCUT2D eigenvalue weighted by Crippen LogP contribution is 2.53. The van der Waals surface area contributed by atoms with Crippen LogP contribution in [0.2, 0.25) is 15.2 Å². The molecule has 210 valence electrons. The maximum atomic E-state index is 14.4. The molecule has 1 N–H and O–H groups in total. The normalized spacial score (nSPS) is 12.4. The van der Waals surface area contributed by atoms with E-state index >= 15 is 0 Å². The summed E-state index contributed by atoms with van der Waals surface area (Å²) >= 11 is 18.0. The molecule has 2 aromatic carbocycles. The Kier molecular flexibility index (Phi) is 9.29. The molecule has 0 radical (unpaired) electrons. The third kappa shape index (κ3) is 6.70. The Morgan fingerprint density at radius 3 is 1.97 bits per heavy atom. The number of anilines is 1. The number of carbonyl (C=O) groups excluding carboxylic acids is 1. The van der Waals surface area contributed by atoms with Crippen molar-refractivity contribution in [3.8, 4) is 0 Å². The standard InChI is InChI=1S/C25H19Cl3F7N3O/c1-36-19-8-9-20(28)37-21(19)22(39)38(11-10-14-4-7-17(26)18(27)12-14)13-15-2-5-16(6-3-15)23(29,24(30,31)32)25(33,34)35/h2-9,12,36H,10-11,13H2,1H3. The Bertz CT molecular complexity index is 1320. The maximum Gasteiger partial charge on any atom is 0.435 e. The van der Waals surface area contributed by atoms with Gasteiger partial charge in [0.05, 0.1) is 15.7 Å². The molecule has 39 heavy (non-hydrogen) atoms. The molecule has 4 nitrogen and oxygen atoms in total. The Labute approximate surface area is 233 Å². The van der Waals surface area contributed by atoms with Crippen LogP contribution >= 0.6 is 34.8 Å². The van der Waals surface area contributed by atoms with Crippen LogP contribution in [0.3, 0.4) is 0 Å². The minimum absolute atomic E-state index is 0.0183. The number of halogens is 10. The van der Waals surface area contributed by atoms with Crippen molar-refractivity contribution >= 4 is 46.4 Å². The zero-order chi connectivity index (χ0) is 29.2. The molecule has 0 fully saturated rings. The van der Waals surface area contributed by atoms with Gasteiger partial charge in [-0.2, -0.15) is 26.3 Å². The van der Waals surface area contributed by atoms with E-state index in [1.165, 1.54) is 17.0 Å². The Balaban J connectivity index is 1.95. The summed E-state index contributed by atoms with van der Waals surface area (Å²) in [5.41, 5.74) is -6.09. The van der Waals surface area contributed by atoms with Crippen molar-refractivity contribution in [3.05, 3.63) is 92.2 Å². The summed E-state index contributed by atoms with van der Waals surface area (Å²) in [5, 5.41) is 3.42. The van der Waals surface area contributed by atoms with E-state index in [0.29, 0.717) is 28.4 Å². The van der Waals surface area contributed by atoms with Gasteiger partial charge in [0.2, 0.25) is 0 Å². The first-order chi connectivity index (χ1) is 18.1. The van der Waals surface area contributed by atoms with Crippen molar-refractivity contribution in [1.82, 2.24) is 9.88 Å². The molecule has 1 aromatic heterocycles. The molecule has 0 saturated carbocycles. The molecule has 0 aliphatic heterocycles. The van der Waals surface area contributed by atoms with E-state index in [2.05, 4.69) is 10.3 Å². The van der Waals surface area contributed by atoms with Crippen molar-refractivity contribution in [1.29, 1.82) is 0 Å². The molecule has 0 spiro atoms. The molecule has 1 amide bonds. The van der Waals surface area contributed by atoms with Gasteiger partial charge in [-0.1, -0.05) is 65.1 Å². The lowest BCUT2D eigenvalue weighted by molar-refractivity contribution is -0.348. The molecule has 3 aromatic rings. The minimum atomic E-state index is -6.24. The number of benzene rings is 2. The van der Waals surface area contributed by atoms with Gasteiger partial charge in [-0.25, -0.2) is 9.37 Å². The van der Waals surface area contributed by atoms with Crippen molar-refractivity contribution in [2.24, 2.45) is 0 Å². The largest absolute Gasteiger partial charge is 0.435 e. The summed E-state index contributed by atoms with van der Waals surface area (Å²) in [6, 6.07) is 10.4. The van der Waals surface area contributed by atoms with Crippen LogP contribution in [0.1, 0.15) is 27.2 Å². The van der Waals surface area contributed by atoms with E-state index in [-0.39, 0.29) is 40.9 Å². The zero-order valence-corrected chi connectivity index (χ0v) is 22.2. The van der Waals surface area contributed by atoms with Crippen LogP contribution in [0.25, 0.3) is 0 Å². The highest BCUT2D eigenvalue weighted by molar-refractivity contribution is 6.42. The van der Waals surface area contributed by atoms with Crippen molar-refractivity contribution < 1.29 is 35.5 Å². The van der Waals surface area contributed by atoms with E-state index in [9.17, 15) is 35.5 Å². The third-order valence-electron chi connectivity index (χ3n) is 5.78. The SMILES string of the molecule is CNc1ccc(Cl)nc1C(=O)N(CCc1ccc(Cl)c(Cl)c1)Cc1ccc(C(F)(C(F)(F)F)C(F)(F)F)cc1. The number of alkyl halides is 7. The molecule has 0 aliphatic carbocycles. The fraction of sp³-hybridized carbons (Fsp3) is 0.280. The number of nitrogens with one attached hydrogen (secondary N) is 1. The number of rotatable bonds is 8. The maximum absolute atomic E-state index is 14.4. The topological polar surface area (TPSA) is 45.2 Å². The van der Waals surface area contributed by atoms with E-state index < -0.39 is 29.5 Å². The van der Waals surface area contributed by atoms with Gasteiger partial charge in [-0.05, 0) is 41.8 Å². The number of carbonyl (C=O) groups is 1. The van der Waals surface area contributed by atoms with Gasteiger partial charge in [0.15, 0.2) is 5.69 Å². The number of hydrogen-bond donors (Lipinski definition) is 1. The lowest BCUT2D eigenvalue weighted by atomic mass is 9.93. The Morgan fingerprint density at radius 2 is 1.44 bits per heavy atom. The predicted octanol–water partition coefficient (Wildman–Crippen LogP) is 8.26. The quantitative estimate of drug-likeness (QED) is 0.205. The average molecular weight is 617 g/mol. The highest BCUT2D eigenvalue weighted by Gasteiger charge is 2.73. The zero-order valence-electron chi connectivity index (χ0n) is 19.9. The second kappa shape index (κ2) is 11.8. The monoisotopic (exact) mass is 615 g/mol. The molecule has 0 atom stereocenters. The average Bonchev–Trinajstić information content (AvgIpc) is 2.86. The molecule has 14 heteroatoms. The van der Waals surface area contributed by atoms with Crippen molar-refractivity contribution in [2.45, 2.75) is 31.0 Å². The van der Waals surface area contributed by atoms with Gasteiger partial charge in [-0.15, -0.1) is 0 Å². The number of nitrogens with zero attached hydrogens (tertiary/aromatic N) is 2. The Hall–Kier alpha value is -2.76. The summed E-state index contributed by atoms with van der Waals surface area (Å²) in [4.78, 5) is 18.8. The molecule has 0 unspecified atom stereocenters. The van der Waals surface area contributed by atoms with Crippen LogP contribution < -0.4 is 5.32 Å². The van der Waals surface area contributed by atoms with Gasteiger partial charge >= 0.3 is 18.0 Å². The molecular weight excluding hydrogens is 598 g/mol. The van der Waals surface area contributed by atoms with Crippen LogP contribution in [0.4, 0.5) is 36.4 Å². The lowest BCUT2D eigenvalue weighted by Crippen LogP contribution is -2.50. The van der Waals surface area contributed by atoms with Crippen LogP contribution in [0, 0.1) is 0 Å². The van der Waals surface area contributed by atoms with Crippen LogP contribution in [0.5, 0.6) is 0 Å². The number of hydrogen-bond acceptors (Lipinski definition) is 3. The van der Waals surface area contributed by atoms with Gasteiger partial charge in [0.25, 0.3) is 5.91 Å². The van der Waals surface area contributed by atoms with E-state index in [0.717, 1.165) is 12.1 Å². The first kappa shape index (κ1) is 30.8. The summed E-state index contributed by atoms with van der Waals surface area (Å²) in [6.45, 7) is -0.219. The molecule has 0 saturated heterocycles. The first-order valence-electron chi connectivity index (χ1n) is 11.1. The molecule has 1 heterocycles. The molecule has 0 aliphatic rings. The second-order valence-electron chi connectivity index (χ2n) is 8.36. The van der Waals surface area contributed by atoms with E-state index in [1.54, 1.807) is 25.2 Å². The summed E-state index contributed by atoms with van der Waals surface area (Å²) in [5.74, 6) is -0.628. The smallest absolute Gasteiger partial charge is 0.386 e. The van der Waals surface area contributed by atoms with Crippen molar-refractivity contribution in [2.75, 3.05) is 18.9 Å². The molecule has 0 bridgehead atoms. The van der Waals surface area contributed by atoms with Crippen LogP contribution in [0.15, 0.2) is 54.6 Å². The summed E-state index contributed by atoms with van der Waals surface area (Å²) in [6.07, 6.45) is -12.2. The van der Waals surface area contributed by atoms with Gasteiger partial charge < -0.3 is 10.2 Å². The second-order valence-corrected chi connectivity index (χ2v) is 9.56. The molecule has 3 rings (SSSR count). The van der Waals surface area contributed by atoms with Crippen LogP contribution in [-0.2, 0) is 18.6 Å². The van der Waals surface area contributed by atoms with E-state index in [4.69, 9.17) is 34.8 Å². The third-order valence-corrected chi connectivity index (χ3v) is 6.73. The molecular formula is C25H19Cl3F7N3O. The van der Waals surface area contributed by atoms with Crippen LogP contribution in [-0.4, -0.2) is 41.7 Å². The fourth-order valence-corrected chi connectivity index (χ4v) is 4.18. The highest BCUT2D eigenvalue weighted by atomic mass is 35.5. The van der Waals surface area contributed by atoms with Gasteiger partial charge in [0, 0.05) is 25.7 Å². The number of pyridine rings is 1. The lowest BCUT2D eigenvalue weighted by Gasteiger charge is -2.30. The predicted molar refractivity (Wildman–Crippen MR) is 135 cm³/mol. The van der Waals surface area contributed by atoms with Gasteiger partial charge in [-0.3, -0.25) is 4.79 Å². The first-order valence-corrected chi connectivity index (χ1v) is 12.2. The minimum Gasteiger partial charge on any atom is -0.386 e. The van der Waals surface area contributed by atoms with Crippen molar-refractivity contribution in [3.63, 3.8) is 0 Å². The van der Waals surface area contributed by atoms with E-state index in [1.807, 2.05) is 0 Å². The van der Waals surface area contributed by atoms with Gasteiger partial charge in [0.1, 0.15) is 5.15 Å². The Morgan fingerprint density at radius 1 is 0.846 bits per heavy atom. The number of aromatic nitrogens is 1. The fourth-order valence-electron chi connectivity index (χ4n) is 3.71. The number of amides is 1. The summed E-state index contributed by atoms with van der Waals surface area (Å²) < 4.78 is 93.1.